The predicted octanol–water partition coefficient (Wildman–Crippen LogP) is 0.740. The Labute approximate surface area is 114 Å². The SMILES string of the molecule is NC(=O)c1cnn(-c2nn3c(c2Cl)CCCC3)c1N. The summed E-state index contributed by atoms with van der Waals surface area (Å²) in [5, 5.41) is 8.98. The van der Waals surface area contributed by atoms with Gasteiger partial charge in [-0.3, -0.25) is 9.48 Å². The van der Waals surface area contributed by atoms with Crippen LogP contribution in [0.3, 0.4) is 0 Å². The number of carbonyl (C=O) groups is 1. The van der Waals surface area contributed by atoms with Crippen LogP contribution >= 0.6 is 11.6 Å². The first kappa shape index (κ1) is 12.0. The van der Waals surface area contributed by atoms with Crippen molar-refractivity contribution in [3.8, 4) is 5.82 Å². The molecule has 0 bridgehead atoms. The fourth-order valence-electron chi connectivity index (χ4n) is 2.29. The molecule has 1 aliphatic rings. The van der Waals surface area contributed by atoms with Gasteiger partial charge in [0.25, 0.3) is 5.91 Å². The molecular weight excluding hydrogens is 268 g/mol. The van der Waals surface area contributed by atoms with E-state index in [1.165, 1.54) is 10.9 Å². The van der Waals surface area contributed by atoms with Gasteiger partial charge in [0, 0.05) is 6.54 Å². The van der Waals surface area contributed by atoms with Gasteiger partial charge >= 0.3 is 0 Å². The van der Waals surface area contributed by atoms with Crippen molar-refractivity contribution in [1.82, 2.24) is 19.6 Å². The maximum Gasteiger partial charge on any atom is 0.254 e. The highest BCUT2D eigenvalue weighted by Gasteiger charge is 2.23. The summed E-state index contributed by atoms with van der Waals surface area (Å²) in [6.45, 7) is 0.832. The molecule has 100 valence electrons. The third-order valence-electron chi connectivity index (χ3n) is 3.28. The number of nitrogens with two attached hydrogens (primary N) is 2. The monoisotopic (exact) mass is 280 g/mol. The molecule has 0 aromatic carbocycles. The molecule has 0 fully saturated rings. The summed E-state index contributed by atoms with van der Waals surface area (Å²) in [6.07, 6.45) is 4.37. The average molecular weight is 281 g/mol. The topological polar surface area (TPSA) is 105 Å². The lowest BCUT2D eigenvalue weighted by molar-refractivity contribution is 0.100. The van der Waals surface area contributed by atoms with Crippen LogP contribution in [0.15, 0.2) is 6.20 Å². The standard InChI is InChI=1S/C11H13ClN6O/c12-8-7-3-1-2-4-17(7)16-11(8)18-9(13)6(5-15-18)10(14)19/h5H,1-4,13H2,(H2,14,19). The van der Waals surface area contributed by atoms with Crippen molar-refractivity contribution in [3.05, 3.63) is 22.5 Å². The molecule has 0 aliphatic carbocycles. The van der Waals surface area contributed by atoms with Crippen molar-refractivity contribution < 1.29 is 4.79 Å². The molecule has 2 aromatic rings. The lowest BCUT2D eigenvalue weighted by Gasteiger charge is -2.12. The molecule has 7 nitrogen and oxygen atoms in total. The number of halogens is 1. The first-order valence-corrected chi connectivity index (χ1v) is 6.36. The fourth-order valence-corrected chi connectivity index (χ4v) is 2.60. The van der Waals surface area contributed by atoms with E-state index in [1.807, 2.05) is 4.68 Å². The van der Waals surface area contributed by atoms with Crippen LogP contribution in [0.1, 0.15) is 28.9 Å². The fraction of sp³-hybridized carbons (Fsp3) is 0.364. The number of nitrogens with zero attached hydrogens (tertiary/aromatic N) is 4. The molecule has 1 aliphatic heterocycles. The predicted molar refractivity (Wildman–Crippen MR) is 70.2 cm³/mol. The summed E-state index contributed by atoms with van der Waals surface area (Å²) in [6, 6.07) is 0. The molecule has 0 saturated heterocycles. The summed E-state index contributed by atoms with van der Waals surface area (Å²) in [5.41, 5.74) is 12.2. The Kier molecular flexibility index (Phi) is 2.70. The second-order valence-electron chi connectivity index (χ2n) is 4.48. The minimum Gasteiger partial charge on any atom is -0.383 e. The summed E-state index contributed by atoms with van der Waals surface area (Å²) >= 11 is 6.32. The number of anilines is 1. The van der Waals surface area contributed by atoms with Gasteiger partial charge in [-0.2, -0.15) is 14.9 Å². The molecule has 3 heterocycles. The Hall–Kier alpha value is -2.02. The van der Waals surface area contributed by atoms with Gasteiger partial charge in [0.05, 0.1) is 11.9 Å². The van der Waals surface area contributed by atoms with E-state index in [4.69, 9.17) is 23.1 Å². The van der Waals surface area contributed by atoms with Crippen LogP contribution in [-0.2, 0) is 13.0 Å². The first-order valence-electron chi connectivity index (χ1n) is 5.98. The van der Waals surface area contributed by atoms with E-state index in [2.05, 4.69) is 10.2 Å². The van der Waals surface area contributed by atoms with E-state index in [0.29, 0.717) is 10.8 Å². The van der Waals surface area contributed by atoms with E-state index in [0.717, 1.165) is 31.5 Å². The number of primary amides is 1. The third-order valence-corrected chi connectivity index (χ3v) is 3.67. The number of carbonyl (C=O) groups excluding carboxylic acids is 1. The van der Waals surface area contributed by atoms with Crippen molar-refractivity contribution in [1.29, 1.82) is 0 Å². The molecule has 19 heavy (non-hydrogen) atoms. The van der Waals surface area contributed by atoms with Crippen LogP contribution in [0.5, 0.6) is 0 Å². The number of amides is 1. The zero-order valence-corrected chi connectivity index (χ0v) is 10.9. The molecule has 0 unspecified atom stereocenters. The average Bonchev–Trinajstić information content (AvgIpc) is 2.91. The summed E-state index contributed by atoms with van der Waals surface area (Å²) in [7, 11) is 0. The van der Waals surface area contributed by atoms with Crippen molar-refractivity contribution in [2.75, 3.05) is 5.73 Å². The quantitative estimate of drug-likeness (QED) is 0.846. The van der Waals surface area contributed by atoms with Crippen LogP contribution in [0, 0.1) is 0 Å². The number of aryl methyl sites for hydroxylation is 1. The minimum absolute atomic E-state index is 0.157. The Morgan fingerprint density at radius 1 is 1.42 bits per heavy atom. The number of rotatable bonds is 2. The Morgan fingerprint density at radius 2 is 2.21 bits per heavy atom. The first-order chi connectivity index (χ1) is 9.09. The van der Waals surface area contributed by atoms with Gasteiger partial charge in [0.2, 0.25) is 0 Å². The van der Waals surface area contributed by atoms with Crippen LogP contribution < -0.4 is 11.5 Å². The molecule has 0 saturated carbocycles. The van der Waals surface area contributed by atoms with E-state index in [9.17, 15) is 4.79 Å². The van der Waals surface area contributed by atoms with Crippen LogP contribution in [0.4, 0.5) is 5.82 Å². The zero-order chi connectivity index (χ0) is 13.6. The van der Waals surface area contributed by atoms with Crippen LogP contribution in [0.25, 0.3) is 5.82 Å². The van der Waals surface area contributed by atoms with Gasteiger partial charge < -0.3 is 11.5 Å². The highest BCUT2D eigenvalue weighted by Crippen LogP contribution is 2.30. The normalized spacial score (nSPS) is 14.4. The minimum atomic E-state index is -0.621. The van der Waals surface area contributed by atoms with Gasteiger partial charge in [0.15, 0.2) is 5.82 Å². The number of hydrogen-bond donors (Lipinski definition) is 2. The largest absolute Gasteiger partial charge is 0.383 e. The van der Waals surface area contributed by atoms with Gasteiger partial charge in [-0.1, -0.05) is 11.6 Å². The van der Waals surface area contributed by atoms with E-state index in [1.54, 1.807) is 0 Å². The maximum absolute atomic E-state index is 11.2. The van der Waals surface area contributed by atoms with E-state index in [-0.39, 0.29) is 11.4 Å². The summed E-state index contributed by atoms with van der Waals surface area (Å²) < 4.78 is 3.22. The van der Waals surface area contributed by atoms with E-state index >= 15 is 0 Å². The molecule has 1 amide bonds. The van der Waals surface area contributed by atoms with Gasteiger partial charge in [-0.15, -0.1) is 0 Å². The zero-order valence-electron chi connectivity index (χ0n) is 10.1. The van der Waals surface area contributed by atoms with E-state index < -0.39 is 5.91 Å². The molecule has 4 N–H and O–H groups in total. The smallest absolute Gasteiger partial charge is 0.254 e. The highest BCUT2D eigenvalue weighted by molar-refractivity contribution is 6.33. The second-order valence-corrected chi connectivity index (χ2v) is 4.86. The Balaban J connectivity index is 2.12. The number of nitrogen functional groups attached to an aromatic ring is 1. The Bertz CT molecular complexity index is 658. The number of fused-ring (bicyclic) bond motifs is 1. The van der Waals surface area contributed by atoms with Gasteiger partial charge in [0.1, 0.15) is 16.4 Å². The third kappa shape index (κ3) is 1.77. The van der Waals surface area contributed by atoms with Gasteiger partial charge in [-0.25, -0.2) is 0 Å². The van der Waals surface area contributed by atoms with Crippen LogP contribution in [0.2, 0.25) is 5.02 Å². The Morgan fingerprint density at radius 3 is 2.84 bits per heavy atom. The summed E-state index contributed by atoms with van der Waals surface area (Å²) in [5.74, 6) is -0.0164. The molecule has 0 spiro atoms. The molecule has 8 heteroatoms. The second kappa shape index (κ2) is 4.27. The molecule has 3 rings (SSSR count). The lowest BCUT2D eigenvalue weighted by atomic mass is 10.1. The molecule has 0 atom stereocenters. The van der Waals surface area contributed by atoms with Crippen molar-refractivity contribution in [2.45, 2.75) is 25.8 Å². The summed E-state index contributed by atoms with van der Waals surface area (Å²) in [4.78, 5) is 11.2. The number of hydrogen-bond acceptors (Lipinski definition) is 4. The van der Waals surface area contributed by atoms with Crippen molar-refractivity contribution in [3.63, 3.8) is 0 Å². The maximum atomic E-state index is 11.2. The molecular formula is C11H13ClN6O. The molecule has 0 radical (unpaired) electrons. The van der Waals surface area contributed by atoms with Crippen molar-refractivity contribution in [2.24, 2.45) is 5.73 Å². The van der Waals surface area contributed by atoms with Gasteiger partial charge in [-0.05, 0) is 19.3 Å². The van der Waals surface area contributed by atoms with Crippen LogP contribution in [-0.4, -0.2) is 25.5 Å². The number of aromatic nitrogens is 4. The van der Waals surface area contributed by atoms with Crippen molar-refractivity contribution >= 4 is 23.3 Å². The highest BCUT2D eigenvalue weighted by atomic mass is 35.5. The lowest BCUT2D eigenvalue weighted by Crippen LogP contribution is -2.14. The molecule has 2 aromatic heterocycles.